The Kier molecular flexibility index (Phi) is 8.19. The van der Waals surface area contributed by atoms with Gasteiger partial charge in [-0.05, 0) is 49.4 Å². The average Bonchev–Trinajstić information content (AvgIpc) is 2.80. The second-order valence-corrected chi connectivity index (χ2v) is 9.09. The van der Waals surface area contributed by atoms with Crippen LogP contribution in [0.2, 0.25) is 5.02 Å². The molecule has 0 heterocycles. The summed E-state index contributed by atoms with van der Waals surface area (Å²) in [5.41, 5.74) is -3.68. The van der Waals surface area contributed by atoms with Gasteiger partial charge in [0.25, 0.3) is 5.91 Å². The molecule has 0 aliphatic heterocycles. The summed E-state index contributed by atoms with van der Waals surface area (Å²) in [5, 5.41) is 3.52. The minimum atomic E-state index is -5.69. The molecule has 3 rings (SSSR count). The summed E-state index contributed by atoms with van der Waals surface area (Å²) in [7, 11) is 0. The average molecular weight is 551 g/mol. The summed E-state index contributed by atoms with van der Waals surface area (Å²) in [4.78, 5) is 25.1. The van der Waals surface area contributed by atoms with E-state index in [0.29, 0.717) is 21.2 Å². The summed E-state index contributed by atoms with van der Waals surface area (Å²) in [6.07, 6.45) is -5.69. The van der Waals surface area contributed by atoms with Crippen LogP contribution in [0.3, 0.4) is 0 Å². The first-order valence-electron chi connectivity index (χ1n) is 9.87. The van der Waals surface area contributed by atoms with Crippen LogP contribution in [0.5, 0.6) is 0 Å². The Labute approximate surface area is 208 Å². The molecule has 4 nitrogen and oxygen atoms in total. The van der Waals surface area contributed by atoms with E-state index in [4.69, 9.17) is 11.6 Å². The summed E-state index contributed by atoms with van der Waals surface area (Å²) in [6, 6.07) is 12.3. The van der Waals surface area contributed by atoms with Crippen LogP contribution in [0.1, 0.15) is 22.8 Å². The van der Waals surface area contributed by atoms with Crippen molar-refractivity contribution >= 4 is 46.6 Å². The second kappa shape index (κ2) is 10.8. The van der Waals surface area contributed by atoms with Crippen LogP contribution in [0.15, 0.2) is 53.4 Å². The standard InChI is InChI=1S/C23H14ClF7N2O2S/c1-10(21(34)33-20-18(27)16(25)15(23(29,30)31)17(26)19(20)28)36-14-7-5-13(6-8-14)32-22(35)11-3-2-4-12(24)9-11/h2-10H,1H3,(H,32,35)(H,33,34). The molecule has 0 spiro atoms. The molecule has 1 atom stereocenters. The Morgan fingerprint density at radius 3 is 2.00 bits per heavy atom. The Morgan fingerprint density at radius 2 is 1.47 bits per heavy atom. The molecule has 2 amide bonds. The van der Waals surface area contributed by atoms with Gasteiger partial charge in [0.15, 0.2) is 23.3 Å². The first kappa shape index (κ1) is 27.3. The topological polar surface area (TPSA) is 58.2 Å². The molecule has 0 bridgehead atoms. The fraction of sp³-hybridized carbons (Fsp3) is 0.130. The zero-order valence-corrected chi connectivity index (χ0v) is 19.5. The molecule has 13 heteroatoms. The molecule has 0 fully saturated rings. The normalized spacial score (nSPS) is 12.2. The largest absolute Gasteiger partial charge is 0.422 e. The molecule has 0 saturated carbocycles. The molecule has 1 unspecified atom stereocenters. The van der Waals surface area contributed by atoms with E-state index in [1.165, 1.54) is 37.3 Å². The minimum absolute atomic E-state index is 0.321. The van der Waals surface area contributed by atoms with Crippen molar-refractivity contribution in [2.24, 2.45) is 0 Å². The van der Waals surface area contributed by atoms with Gasteiger partial charge in [-0.25, -0.2) is 17.6 Å². The Morgan fingerprint density at radius 1 is 0.889 bits per heavy atom. The number of amides is 2. The highest BCUT2D eigenvalue weighted by molar-refractivity contribution is 8.00. The van der Waals surface area contributed by atoms with Gasteiger partial charge in [-0.3, -0.25) is 9.59 Å². The van der Waals surface area contributed by atoms with Crippen molar-refractivity contribution in [3.05, 3.63) is 87.9 Å². The Balaban J connectivity index is 1.68. The minimum Gasteiger partial charge on any atom is -0.322 e. The SMILES string of the molecule is CC(Sc1ccc(NC(=O)c2cccc(Cl)c2)cc1)C(=O)Nc1c(F)c(F)c(C(F)(F)F)c(F)c1F. The molecular weight excluding hydrogens is 537 g/mol. The zero-order chi connectivity index (χ0) is 26.8. The van der Waals surface area contributed by atoms with E-state index in [0.717, 1.165) is 11.8 Å². The number of carbonyl (C=O) groups excluding carboxylic acids is 2. The molecule has 2 N–H and O–H groups in total. The maximum atomic E-state index is 14.0. The second-order valence-electron chi connectivity index (χ2n) is 7.24. The fourth-order valence-electron chi connectivity index (χ4n) is 2.92. The van der Waals surface area contributed by atoms with Crippen molar-refractivity contribution < 1.29 is 40.3 Å². The van der Waals surface area contributed by atoms with Gasteiger partial charge >= 0.3 is 6.18 Å². The number of hydrogen-bond donors (Lipinski definition) is 2. The number of thioether (sulfide) groups is 1. The molecule has 36 heavy (non-hydrogen) atoms. The van der Waals surface area contributed by atoms with Gasteiger partial charge in [0.05, 0.1) is 5.25 Å². The number of carbonyl (C=O) groups is 2. The summed E-state index contributed by atoms with van der Waals surface area (Å²) in [5.74, 6) is -11.7. The maximum absolute atomic E-state index is 14.0. The highest BCUT2D eigenvalue weighted by Gasteiger charge is 2.42. The smallest absolute Gasteiger partial charge is 0.322 e. The lowest BCUT2D eigenvalue weighted by Gasteiger charge is -2.16. The number of nitrogens with one attached hydrogen (secondary N) is 2. The predicted molar refractivity (Wildman–Crippen MR) is 121 cm³/mol. The Bertz CT molecular complexity index is 1290. The third-order valence-corrected chi connectivity index (χ3v) is 6.02. The highest BCUT2D eigenvalue weighted by atomic mass is 35.5. The number of benzene rings is 3. The lowest BCUT2D eigenvalue weighted by Crippen LogP contribution is -2.25. The number of rotatable bonds is 6. The van der Waals surface area contributed by atoms with Crippen LogP contribution in [-0.2, 0) is 11.0 Å². The van der Waals surface area contributed by atoms with E-state index in [9.17, 15) is 40.3 Å². The summed E-state index contributed by atoms with van der Waals surface area (Å²) < 4.78 is 93.7. The Hall–Kier alpha value is -3.25. The number of hydrogen-bond acceptors (Lipinski definition) is 3. The summed E-state index contributed by atoms with van der Waals surface area (Å²) >= 11 is 6.73. The van der Waals surface area contributed by atoms with Crippen LogP contribution < -0.4 is 10.6 Å². The lowest BCUT2D eigenvalue weighted by molar-refractivity contribution is -0.143. The molecule has 0 radical (unpaired) electrons. The molecule has 0 saturated heterocycles. The molecule has 3 aromatic carbocycles. The van der Waals surface area contributed by atoms with Crippen LogP contribution in [0, 0.1) is 23.3 Å². The number of anilines is 2. The number of alkyl halides is 3. The zero-order valence-electron chi connectivity index (χ0n) is 17.9. The van der Waals surface area contributed by atoms with Gasteiger partial charge < -0.3 is 10.6 Å². The third kappa shape index (κ3) is 6.11. The quantitative estimate of drug-likeness (QED) is 0.193. The van der Waals surface area contributed by atoms with E-state index < -0.39 is 57.8 Å². The molecule has 0 aliphatic carbocycles. The lowest BCUT2D eigenvalue weighted by atomic mass is 10.1. The van der Waals surface area contributed by atoms with E-state index in [-0.39, 0.29) is 0 Å². The van der Waals surface area contributed by atoms with E-state index in [2.05, 4.69) is 5.32 Å². The van der Waals surface area contributed by atoms with Crippen molar-refractivity contribution in [1.29, 1.82) is 0 Å². The van der Waals surface area contributed by atoms with Crippen molar-refractivity contribution in [1.82, 2.24) is 0 Å². The van der Waals surface area contributed by atoms with Crippen molar-refractivity contribution in [3.63, 3.8) is 0 Å². The number of halogens is 8. The monoisotopic (exact) mass is 550 g/mol. The highest BCUT2D eigenvalue weighted by Crippen LogP contribution is 2.38. The van der Waals surface area contributed by atoms with E-state index in [1.807, 2.05) is 0 Å². The van der Waals surface area contributed by atoms with Crippen molar-refractivity contribution in [2.75, 3.05) is 10.6 Å². The molecular formula is C23H14ClF7N2O2S. The molecule has 0 aromatic heterocycles. The van der Waals surface area contributed by atoms with Gasteiger partial charge in [-0.2, -0.15) is 13.2 Å². The van der Waals surface area contributed by atoms with Gasteiger partial charge in [0.2, 0.25) is 5.91 Å². The van der Waals surface area contributed by atoms with E-state index >= 15 is 0 Å². The van der Waals surface area contributed by atoms with Crippen LogP contribution in [0.4, 0.5) is 42.1 Å². The van der Waals surface area contributed by atoms with E-state index in [1.54, 1.807) is 23.5 Å². The first-order chi connectivity index (χ1) is 16.8. The predicted octanol–water partition coefficient (Wildman–Crippen LogP) is 7.29. The van der Waals surface area contributed by atoms with Gasteiger partial charge in [0.1, 0.15) is 11.3 Å². The molecule has 3 aromatic rings. The first-order valence-corrected chi connectivity index (χ1v) is 11.1. The van der Waals surface area contributed by atoms with Crippen molar-refractivity contribution in [2.45, 2.75) is 23.2 Å². The summed E-state index contributed by atoms with van der Waals surface area (Å²) in [6.45, 7) is 1.29. The van der Waals surface area contributed by atoms with Gasteiger partial charge in [-0.15, -0.1) is 11.8 Å². The fourth-order valence-corrected chi connectivity index (χ4v) is 3.98. The third-order valence-electron chi connectivity index (χ3n) is 4.68. The van der Waals surface area contributed by atoms with Crippen LogP contribution in [-0.4, -0.2) is 17.1 Å². The maximum Gasteiger partial charge on any atom is 0.422 e. The van der Waals surface area contributed by atoms with Crippen molar-refractivity contribution in [3.8, 4) is 0 Å². The van der Waals surface area contributed by atoms with Crippen LogP contribution >= 0.6 is 23.4 Å². The van der Waals surface area contributed by atoms with Gasteiger partial charge in [0, 0.05) is 21.2 Å². The molecule has 0 aliphatic rings. The van der Waals surface area contributed by atoms with Crippen LogP contribution in [0.25, 0.3) is 0 Å². The van der Waals surface area contributed by atoms with Gasteiger partial charge in [-0.1, -0.05) is 17.7 Å². The molecule has 190 valence electrons.